The molecule has 2 N–H and O–H groups in total. The van der Waals surface area contributed by atoms with Gasteiger partial charge in [-0.1, -0.05) is 37.6 Å². The lowest BCUT2D eigenvalue weighted by Gasteiger charge is -2.35. The predicted octanol–water partition coefficient (Wildman–Crippen LogP) is 3.25. The molecule has 1 aliphatic rings. The molecule has 0 aliphatic carbocycles. The summed E-state index contributed by atoms with van der Waals surface area (Å²) in [5.41, 5.74) is 2.49. The van der Waals surface area contributed by atoms with Crippen LogP contribution in [0.15, 0.2) is 48.0 Å². The van der Waals surface area contributed by atoms with E-state index in [1.165, 1.54) is 43.4 Å². The van der Waals surface area contributed by atoms with Crippen LogP contribution in [0.4, 0.5) is 0 Å². The van der Waals surface area contributed by atoms with E-state index in [0.29, 0.717) is 6.54 Å². The lowest BCUT2D eigenvalue weighted by molar-refractivity contribution is 0.147. The summed E-state index contributed by atoms with van der Waals surface area (Å²) in [6.45, 7) is 10.1. The van der Waals surface area contributed by atoms with E-state index in [9.17, 15) is 0 Å². The normalized spacial score (nSPS) is 18.0. The summed E-state index contributed by atoms with van der Waals surface area (Å²) in [4.78, 5) is 11.6. The summed E-state index contributed by atoms with van der Waals surface area (Å²) >= 11 is 0. The number of aliphatic imine (C=N–C) groups is 1. The van der Waals surface area contributed by atoms with Crippen molar-refractivity contribution in [3.05, 3.63) is 54.1 Å². The lowest BCUT2D eigenvalue weighted by Crippen LogP contribution is -2.45. The topological polar surface area (TPSA) is 57.5 Å². The second-order valence-corrected chi connectivity index (χ2v) is 7.77. The minimum Gasteiger partial charge on any atom is -0.357 e. The molecule has 0 amide bonds. The molecule has 6 heteroatoms. The van der Waals surface area contributed by atoms with E-state index >= 15 is 0 Å². The molecule has 2 heterocycles. The van der Waals surface area contributed by atoms with Gasteiger partial charge < -0.3 is 15.2 Å². The molecule has 1 atom stereocenters. The Labute approximate surface area is 175 Å². The maximum atomic E-state index is 4.80. The van der Waals surface area contributed by atoms with Crippen LogP contribution in [0.3, 0.4) is 0 Å². The molecule has 0 saturated carbocycles. The van der Waals surface area contributed by atoms with E-state index < -0.39 is 0 Å². The van der Waals surface area contributed by atoms with Gasteiger partial charge in [0.1, 0.15) is 0 Å². The third-order valence-electron chi connectivity index (χ3n) is 5.59. The molecule has 1 aromatic heterocycles. The van der Waals surface area contributed by atoms with Crippen LogP contribution in [0, 0.1) is 0 Å². The van der Waals surface area contributed by atoms with Crippen molar-refractivity contribution >= 4 is 5.96 Å². The van der Waals surface area contributed by atoms with Gasteiger partial charge in [-0.05, 0) is 43.9 Å². The van der Waals surface area contributed by atoms with E-state index in [-0.39, 0.29) is 0 Å². The standard InChI is InChI=1S/C23H36N6/c1-3-22-10-5-6-13-29(22)15-12-26-23(25-4-2)27-17-20-8-7-9-21(16-20)18-28-14-11-24-19-28/h7-9,11,14,16,19,22H,3-6,10,12-13,15,17-18H2,1-2H3,(H2,25,26,27). The first-order valence-electron chi connectivity index (χ1n) is 11.1. The Morgan fingerprint density at radius 2 is 2.10 bits per heavy atom. The average Bonchev–Trinajstić information content (AvgIpc) is 3.25. The van der Waals surface area contributed by atoms with Crippen LogP contribution in [-0.4, -0.2) is 52.6 Å². The van der Waals surface area contributed by atoms with Crippen LogP contribution in [0.25, 0.3) is 0 Å². The molecule has 6 nitrogen and oxygen atoms in total. The molecule has 1 aromatic carbocycles. The maximum Gasteiger partial charge on any atom is 0.191 e. The molecule has 1 aliphatic heterocycles. The van der Waals surface area contributed by atoms with E-state index in [4.69, 9.17) is 4.99 Å². The Bertz CT molecular complexity index is 740. The Morgan fingerprint density at radius 3 is 2.90 bits per heavy atom. The summed E-state index contributed by atoms with van der Waals surface area (Å²) in [5, 5.41) is 6.89. The molecule has 1 fully saturated rings. The first-order valence-corrected chi connectivity index (χ1v) is 11.1. The Balaban J connectivity index is 1.52. The SMILES string of the molecule is CCNC(=NCc1cccc(Cn2ccnc2)c1)NCCN1CCCCC1CC. The number of likely N-dealkylation sites (tertiary alicyclic amines) is 1. The van der Waals surface area contributed by atoms with Crippen LogP contribution < -0.4 is 10.6 Å². The second kappa shape index (κ2) is 11.6. The number of piperidine rings is 1. The maximum absolute atomic E-state index is 4.80. The zero-order chi connectivity index (χ0) is 20.3. The highest BCUT2D eigenvalue weighted by Gasteiger charge is 2.19. The largest absolute Gasteiger partial charge is 0.357 e. The van der Waals surface area contributed by atoms with Crippen molar-refractivity contribution < 1.29 is 0 Å². The van der Waals surface area contributed by atoms with Crippen molar-refractivity contribution in [3.63, 3.8) is 0 Å². The number of aromatic nitrogens is 2. The number of imidazole rings is 1. The van der Waals surface area contributed by atoms with E-state index in [1.807, 2.05) is 18.7 Å². The first-order chi connectivity index (χ1) is 14.3. The molecule has 29 heavy (non-hydrogen) atoms. The van der Waals surface area contributed by atoms with Crippen molar-refractivity contribution in [1.82, 2.24) is 25.1 Å². The highest BCUT2D eigenvalue weighted by atomic mass is 15.2. The summed E-state index contributed by atoms with van der Waals surface area (Å²) in [6, 6.07) is 9.39. The van der Waals surface area contributed by atoms with Gasteiger partial charge in [-0.2, -0.15) is 0 Å². The van der Waals surface area contributed by atoms with Crippen LogP contribution >= 0.6 is 0 Å². The molecule has 0 spiro atoms. The minimum absolute atomic E-state index is 0.675. The fourth-order valence-corrected chi connectivity index (χ4v) is 4.06. The molecular formula is C23H36N6. The fraction of sp³-hybridized carbons (Fsp3) is 0.565. The van der Waals surface area contributed by atoms with Gasteiger partial charge in [-0.3, -0.25) is 4.90 Å². The zero-order valence-corrected chi connectivity index (χ0v) is 18.0. The van der Waals surface area contributed by atoms with E-state index in [1.54, 1.807) is 0 Å². The van der Waals surface area contributed by atoms with E-state index in [0.717, 1.165) is 38.2 Å². The fourth-order valence-electron chi connectivity index (χ4n) is 4.06. The van der Waals surface area contributed by atoms with Gasteiger partial charge in [0.05, 0.1) is 12.9 Å². The summed E-state index contributed by atoms with van der Waals surface area (Å²) in [5.74, 6) is 0.901. The van der Waals surface area contributed by atoms with Crippen molar-refractivity contribution in [1.29, 1.82) is 0 Å². The van der Waals surface area contributed by atoms with Gasteiger partial charge in [-0.15, -0.1) is 0 Å². The number of nitrogens with one attached hydrogen (secondary N) is 2. The Morgan fingerprint density at radius 1 is 1.21 bits per heavy atom. The van der Waals surface area contributed by atoms with Gasteiger partial charge in [0.2, 0.25) is 0 Å². The van der Waals surface area contributed by atoms with Crippen LogP contribution in [0.1, 0.15) is 50.7 Å². The van der Waals surface area contributed by atoms with Crippen molar-refractivity contribution in [3.8, 4) is 0 Å². The molecule has 0 radical (unpaired) electrons. The molecular weight excluding hydrogens is 360 g/mol. The number of nitrogens with zero attached hydrogens (tertiary/aromatic N) is 4. The molecule has 2 aromatic rings. The third kappa shape index (κ3) is 6.89. The summed E-state index contributed by atoms with van der Waals surface area (Å²) < 4.78 is 2.08. The lowest BCUT2D eigenvalue weighted by atomic mass is 10.0. The molecule has 158 valence electrons. The number of guanidine groups is 1. The Kier molecular flexibility index (Phi) is 8.56. The van der Waals surface area contributed by atoms with Crippen molar-refractivity contribution in [2.24, 2.45) is 4.99 Å². The van der Waals surface area contributed by atoms with Crippen molar-refractivity contribution in [2.45, 2.75) is 58.7 Å². The highest BCUT2D eigenvalue weighted by Crippen LogP contribution is 2.18. The van der Waals surface area contributed by atoms with Gasteiger partial charge in [0.15, 0.2) is 5.96 Å². The Hall–Kier alpha value is -2.34. The average molecular weight is 397 g/mol. The minimum atomic E-state index is 0.675. The first kappa shape index (κ1) is 21.4. The third-order valence-corrected chi connectivity index (χ3v) is 5.59. The molecule has 1 saturated heterocycles. The van der Waals surface area contributed by atoms with Gasteiger partial charge in [0, 0.05) is 44.6 Å². The smallest absolute Gasteiger partial charge is 0.191 e. The molecule has 0 bridgehead atoms. The number of benzene rings is 1. The van der Waals surface area contributed by atoms with Crippen LogP contribution in [0.5, 0.6) is 0 Å². The summed E-state index contributed by atoms with van der Waals surface area (Å²) in [6.07, 6.45) is 11.0. The van der Waals surface area contributed by atoms with Crippen molar-refractivity contribution in [2.75, 3.05) is 26.2 Å². The molecule has 1 unspecified atom stereocenters. The summed E-state index contributed by atoms with van der Waals surface area (Å²) in [7, 11) is 0. The second-order valence-electron chi connectivity index (χ2n) is 7.77. The monoisotopic (exact) mass is 396 g/mol. The number of hydrogen-bond acceptors (Lipinski definition) is 3. The predicted molar refractivity (Wildman–Crippen MR) is 120 cm³/mol. The zero-order valence-electron chi connectivity index (χ0n) is 18.0. The van der Waals surface area contributed by atoms with Crippen LogP contribution in [0.2, 0.25) is 0 Å². The van der Waals surface area contributed by atoms with Gasteiger partial charge in [-0.25, -0.2) is 9.98 Å². The number of hydrogen-bond donors (Lipinski definition) is 2. The highest BCUT2D eigenvalue weighted by molar-refractivity contribution is 5.79. The molecule has 3 rings (SSSR count). The quantitative estimate of drug-likeness (QED) is 0.505. The van der Waals surface area contributed by atoms with E-state index in [2.05, 4.69) is 63.2 Å². The van der Waals surface area contributed by atoms with Gasteiger partial charge in [0.25, 0.3) is 0 Å². The van der Waals surface area contributed by atoms with Gasteiger partial charge >= 0.3 is 0 Å². The number of rotatable bonds is 9. The van der Waals surface area contributed by atoms with Crippen LogP contribution in [-0.2, 0) is 13.1 Å².